The van der Waals surface area contributed by atoms with Crippen molar-refractivity contribution in [2.24, 2.45) is 0 Å². The van der Waals surface area contributed by atoms with E-state index < -0.39 is 0 Å². The second-order valence-electron chi connectivity index (χ2n) is 7.48. The molecule has 35 heavy (non-hydrogen) atoms. The molecule has 4 rings (SSSR count). The first-order chi connectivity index (χ1) is 17.0. The summed E-state index contributed by atoms with van der Waals surface area (Å²) in [5.41, 5.74) is 3.20. The molecule has 0 fully saturated rings. The Bertz CT molecular complexity index is 1410. The number of pyridine rings is 1. The van der Waals surface area contributed by atoms with Gasteiger partial charge in [0.25, 0.3) is 0 Å². The second kappa shape index (κ2) is 11.2. The van der Waals surface area contributed by atoms with Crippen molar-refractivity contribution in [3.8, 4) is 23.3 Å². The average Bonchev–Trinajstić information content (AvgIpc) is 2.85. The van der Waals surface area contributed by atoms with E-state index in [1.54, 1.807) is 18.3 Å². The molecule has 0 aliphatic heterocycles. The molecule has 3 N–H and O–H groups in total. The fourth-order valence-electron chi connectivity index (χ4n) is 3.17. The number of nitrogens with one attached hydrogen (secondary N) is 3. The second-order valence-corrected chi connectivity index (χ2v) is 7.88. The van der Waals surface area contributed by atoms with Gasteiger partial charge >= 0.3 is 6.03 Å². The molecule has 0 unspecified atom stereocenters. The van der Waals surface area contributed by atoms with Gasteiger partial charge in [0, 0.05) is 28.9 Å². The van der Waals surface area contributed by atoms with Crippen molar-refractivity contribution in [3.63, 3.8) is 0 Å². The van der Waals surface area contributed by atoms with E-state index in [0.717, 1.165) is 27.8 Å². The van der Waals surface area contributed by atoms with Crippen LogP contribution >= 0.6 is 11.6 Å². The predicted molar refractivity (Wildman–Crippen MR) is 137 cm³/mol. The van der Waals surface area contributed by atoms with Crippen molar-refractivity contribution < 1.29 is 9.53 Å². The van der Waals surface area contributed by atoms with E-state index in [0.29, 0.717) is 28.9 Å². The van der Waals surface area contributed by atoms with Crippen LogP contribution in [-0.2, 0) is 0 Å². The minimum Gasteiger partial charge on any atom is -0.454 e. The topological polar surface area (TPSA) is 101 Å². The van der Waals surface area contributed by atoms with Crippen LogP contribution in [0.25, 0.3) is 10.9 Å². The highest BCUT2D eigenvalue weighted by atomic mass is 35.5. The molecule has 8 nitrogen and oxygen atoms in total. The van der Waals surface area contributed by atoms with Gasteiger partial charge in [-0.1, -0.05) is 23.4 Å². The Hall–Kier alpha value is -4.35. The van der Waals surface area contributed by atoms with Crippen LogP contribution in [0.1, 0.15) is 18.2 Å². The number of fused-ring (bicyclic) bond motifs is 1. The summed E-state index contributed by atoms with van der Waals surface area (Å²) in [4.78, 5) is 24.4. The van der Waals surface area contributed by atoms with Crippen LogP contribution < -0.4 is 20.7 Å². The first-order valence-electron chi connectivity index (χ1n) is 10.9. The zero-order valence-corrected chi connectivity index (χ0v) is 20.0. The number of carbonyl (C=O) groups excluding carboxylic acids is 1. The monoisotopic (exact) mass is 486 g/mol. The van der Waals surface area contributed by atoms with Gasteiger partial charge in [-0.05, 0) is 62.4 Å². The van der Waals surface area contributed by atoms with Crippen molar-refractivity contribution in [1.29, 1.82) is 0 Å². The lowest BCUT2D eigenvalue weighted by Gasteiger charge is -2.11. The summed E-state index contributed by atoms with van der Waals surface area (Å²) >= 11 is 6.46. The molecule has 0 saturated heterocycles. The molecule has 176 valence electrons. The third kappa shape index (κ3) is 6.37. The summed E-state index contributed by atoms with van der Waals surface area (Å²) in [6, 6.07) is 14.5. The van der Waals surface area contributed by atoms with Gasteiger partial charge in [0.05, 0.1) is 23.3 Å². The molecular formula is C26H23ClN6O2. The van der Waals surface area contributed by atoms with Crippen LogP contribution in [0, 0.1) is 18.8 Å². The lowest BCUT2D eigenvalue weighted by molar-refractivity contribution is 0.242. The Morgan fingerprint density at radius 3 is 2.71 bits per heavy atom. The van der Waals surface area contributed by atoms with Crippen molar-refractivity contribution in [2.45, 2.75) is 13.8 Å². The van der Waals surface area contributed by atoms with E-state index in [-0.39, 0.29) is 12.6 Å². The molecule has 0 spiro atoms. The lowest BCUT2D eigenvalue weighted by atomic mass is 10.1. The fraction of sp³-hybridized carbons (Fsp3) is 0.154. The number of nitrogens with zero attached hydrogens (tertiary/aromatic N) is 3. The van der Waals surface area contributed by atoms with Crippen molar-refractivity contribution in [2.75, 3.05) is 18.4 Å². The standard InChI is InChI=1S/C26H23ClN6O2/c1-3-28-26(34)29-12-4-5-18-7-10-23-21(13-18)25(32-16-31-23)33-19-8-11-24(22(27)14-19)35-20-9-6-17(2)30-15-20/h6-11,13-16H,3,12H2,1-2H3,(H2,28,29,34)(H,31,32,33). The minimum atomic E-state index is -0.245. The van der Waals surface area contributed by atoms with Crippen LogP contribution in [0.15, 0.2) is 61.1 Å². The molecule has 0 radical (unpaired) electrons. The number of benzene rings is 2. The molecule has 9 heteroatoms. The number of rotatable bonds is 6. The van der Waals surface area contributed by atoms with E-state index in [4.69, 9.17) is 16.3 Å². The van der Waals surface area contributed by atoms with Crippen molar-refractivity contribution in [1.82, 2.24) is 25.6 Å². The van der Waals surface area contributed by atoms with E-state index in [1.807, 2.05) is 50.2 Å². The van der Waals surface area contributed by atoms with Crippen LogP contribution in [0.2, 0.25) is 5.02 Å². The molecule has 2 aromatic carbocycles. The Labute approximate surface area is 208 Å². The predicted octanol–water partition coefficient (Wildman–Crippen LogP) is 5.19. The number of hydrogen-bond acceptors (Lipinski definition) is 6. The lowest BCUT2D eigenvalue weighted by Crippen LogP contribution is -2.35. The number of carbonyl (C=O) groups is 1. The van der Waals surface area contributed by atoms with Gasteiger partial charge in [0.2, 0.25) is 0 Å². The van der Waals surface area contributed by atoms with E-state index in [2.05, 4.69) is 42.7 Å². The number of ether oxygens (including phenoxy) is 1. The van der Waals surface area contributed by atoms with Gasteiger partial charge in [-0.3, -0.25) is 4.98 Å². The number of anilines is 2. The zero-order chi connectivity index (χ0) is 24.6. The first-order valence-corrected chi connectivity index (χ1v) is 11.3. The molecule has 2 amide bonds. The Kier molecular flexibility index (Phi) is 7.60. The molecule has 2 heterocycles. The van der Waals surface area contributed by atoms with Crippen LogP contribution in [-0.4, -0.2) is 34.1 Å². The summed E-state index contributed by atoms with van der Waals surface area (Å²) < 4.78 is 5.84. The molecule has 0 saturated carbocycles. The Morgan fingerprint density at radius 1 is 1.06 bits per heavy atom. The molecular weight excluding hydrogens is 464 g/mol. The number of hydrogen-bond donors (Lipinski definition) is 3. The van der Waals surface area contributed by atoms with E-state index in [1.165, 1.54) is 6.33 Å². The smallest absolute Gasteiger partial charge is 0.315 e. The van der Waals surface area contributed by atoms with Gasteiger partial charge in [-0.2, -0.15) is 0 Å². The maximum Gasteiger partial charge on any atom is 0.315 e. The highest BCUT2D eigenvalue weighted by Crippen LogP contribution is 2.33. The number of aryl methyl sites for hydroxylation is 1. The third-order valence-corrected chi connectivity index (χ3v) is 5.14. The summed E-state index contributed by atoms with van der Waals surface area (Å²) in [6.45, 7) is 4.57. The molecule has 2 aromatic heterocycles. The Morgan fingerprint density at radius 2 is 1.94 bits per heavy atom. The van der Waals surface area contributed by atoms with E-state index >= 15 is 0 Å². The van der Waals surface area contributed by atoms with Gasteiger partial charge in [-0.15, -0.1) is 0 Å². The number of urea groups is 1. The molecule has 0 aliphatic rings. The maximum absolute atomic E-state index is 11.5. The summed E-state index contributed by atoms with van der Waals surface area (Å²) in [5.74, 6) is 7.74. The SMILES string of the molecule is CCNC(=O)NCC#Cc1ccc2ncnc(Nc3ccc(Oc4ccc(C)nc4)c(Cl)c3)c2c1. The molecule has 0 bridgehead atoms. The first kappa shape index (κ1) is 23.8. The fourth-order valence-corrected chi connectivity index (χ4v) is 3.39. The number of aromatic nitrogens is 3. The van der Waals surface area contributed by atoms with Crippen LogP contribution in [0.4, 0.5) is 16.3 Å². The van der Waals surface area contributed by atoms with Gasteiger partial charge < -0.3 is 20.7 Å². The minimum absolute atomic E-state index is 0.242. The molecule has 0 aliphatic carbocycles. The number of amides is 2. The molecule has 0 atom stereocenters. The largest absolute Gasteiger partial charge is 0.454 e. The highest BCUT2D eigenvalue weighted by molar-refractivity contribution is 6.32. The average molecular weight is 487 g/mol. The summed E-state index contributed by atoms with van der Waals surface area (Å²) in [6.07, 6.45) is 3.15. The van der Waals surface area contributed by atoms with E-state index in [9.17, 15) is 4.79 Å². The summed E-state index contributed by atoms with van der Waals surface area (Å²) in [7, 11) is 0. The normalized spacial score (nSPS) is 10.3. The van der Waals surface area contributed by atoms with Crippen molar-refractivity contribution in [3.05, 3.63) is 77.3 Å². The maximum atomic E-state index is 11.5. The molecule has 4 aromatic rings. The quantitative estimate of drug-likeness (QED) is 0.324. The van der Waals surface area contributed by atoms with Crippen LogP contribution in [0.3, 0.4) is 0 Å². The van der Waals surface area contributed by atoms with Gasteiger partial charge in [0.1, 0.15) is 23.6 Å². The number of halogens is 1. The van der Waals surface area contributed by atoms with Crippen molar-refractivity contribution >= 4 is 40.0 Å². The third-order valence-electron chi connectivity index (χ3n) is 4.85. The van der Waals surface area contributed by atoms with Gasteiger partial charge in [0.15, 0.2) is 0 Å². The summed E-state index contributed by atoms with van der Waals surface area (Å²) in [5, 5.41) is 9.87. The highest BCUT2D eigenvalue weighted by Gasteiger charge is 2.09. The van der Waals surface area contributed by atoms with Crippen LogP contribution in [0.5, 0.6) is 11.5 Å². The zero-order valence-electron chi connectivity index (χ0n) is 19.2. The Balaban J connectivity index is 1.50. The van der Waals surface area contributed by atoms with Gasteiger partial charge in [-0.25, -0.2) is 14.8 Å².